The molecule has 2 amide bonds. The predicted octanol–water partition coefficient (Wildman–Crippen LogP) is 3.44. The highest BCUT2D eigenvalue weighted by atomic mass is 35.5. The van der Waals surface area contributed by atoms with Gasteiger partial charge in [-0.1, -0.05) is 35.9 Å². The molecule has 3 aromatic rings. The van der Waals surface area contributed by atoms with Gasteiger partial charge in [-0.2, -0.15) is 5.10 Å². The van der Waals surface area contributed by atoms with E-state index in [1.165, 1.54) is 12.1 Å². The van der Waals surface area contributed by atoms with Crippen LogP contribution in [0.2, 0.25) is 5.02 Å². The summed E-state index contributed by atoms with van der Waals surface area (Å²) in [7, 11) is 0. The molecular formula is C23H21ClN4O3. The molecule has 158 valence electrons. The van der Waals surface area contributed by atoms with Crippen molar-refractivity contribution in [2.24, 2.45) is 0 Å². The van der Waals surface area contributed by atoms with E-state index in [-0.39, 0.29) is 24.2 Å². The van der Waals surface area contributed by atoms with Gasteiger partial charge in [-0.3, -0.25) is 14.4 Å². The zero-order chi connectivity index (χ0) is 22.1. The number of nitrogens with zero attached hydrogens (tertiary/aromatic N) is 3. The molecule has 0 spiro atoms. The van der Waals surface area contributed by atoms with Gasteiger partial charge < -0.3 is 10.2 Å². The summed E-state index contributed by atoms with van der Waals surface area (Å²) in [6.45, 7) is 3.43. The summed E-state index contributed by atoms with van der Waals surface area (Å²) in [4.78, 5) is 39.6. The van der Waals surface area contributed by atoms with Gasteiger partial charge in [-0.25, -0.2) is 4.68 Å². The number of rotatable bonds is 4. The molecule has 0 saturated heterocycles. The van der Waals surface area contributed by atoms with Gasteiger partial charge in [0.15, 0.2) is 0 Å². The number of hydrogen-bond acceptors (Lipinski definition) is 4. The highest BCUT2D eigenvalue weighted by Crippen LogP contribution is 2.32. The van der Waals surface area contributed by atoms with Crippen molar-refractivity contribution in [3.05, 3.63) is 86.8 Å². The minimum absolute atomic E-state index is 0.0267. The zero-order valence-electron chi connectivity index (χ0n) is 17.1. The third-order valence-electron chi connectivity index (χ3n) is 5.35. The Kier molecular flexibility index (Phi) is 5.61. The highest BCUT2D eigenvalue weighted by molar-refractivity contribution is 6.31. The third-order valence-corrected chi connectivity index (χ3v) is 5.76. The molecule has 1 aliphatic rings. The molecule has 1 aliphatic heterocycles. The minimum Gasteiger partial charge on any atom is -0.324 e. The van der Waals surface area contributed by atoms with Crippen molar-refractivity contribution in [1.82, 2.24) is 9.78 Å². The van der Waals surface area contributed by atoms with Gasteiger partial charge >= 0.3 is 0 Å². The van der Waals surface area contributed by atoms with E-state index in [1.807, 2.05) is 31.2 Å². The lowest BCUT2D eigenvalue weighted by Gasteiger charge is -2.22. The highest BCUT2D eigenvalue weighted by Gasteiger charge is 2.32. The van der Waals surface area contributed by atoms with Crippen molar-refractivity contribution in [2.75, 3.05) is 10.2 Å². The van der Waals surface area contributed by atoms with E-state index < -0.39 is 11.5 Å². The van der Waals surface area contributed by atoms with Gasteiger partial charge in [-0.05, 0) is 55.7 Å². The monoisotopic (exact) mass is 436 g/mol. The number of carbonyl (C=O) groups is 2. The van der Waals surface area contributed by atoms with E-state index in [2.05, 4.69) is 10.4 Å². The first kappa shape index (κ1) is 20.8. The maximum Gasteiger partial charge on any atom is 0.278 e. The number of benzene rings is 2. The van der Waals surface area contributed by atoms with Crippen molar-refractivity contribution in [2.45, 2.75) is 32.9 Å². The number of amides is 2. The largest absolute Gasteiger partial charge is 0.324 e. The smallest absolute Gasteiger partial charge is 0.278 e. The van der Waals surface area contributed by atoms with Crippen LogP contribution < -0.4 is 15.8 Å². The summed E-state index contributed by atoms with van der Waals surface area (Å²) in [6, 6.07) is 15.5. The molecule has 1 atom stereocenters. The van der Waals surface area contributed by atoms with E-state index in [4.69, 9.17) is 11.6 Å². The minimum atomic E-state index is -0.468. The predicted molar refractivity (Wildman–Crippen MR) is 120 cm³/mol. The molecule has 0 aliphatic carbocycles. The zero-order valence-corrected chi connectivity index (χ0v) is 17.9. The van der Waals surface area contributed by atoms with Crippen molar-refractivity contribution < 1.29 is 9.59 Å². The van der Waals surface area contributed by atoms with Gasteiger partial charge in [-0.15, -0.1) is 0 Å². The Bertz CT molecular complexity index is 1240. The van der Waals surface area contributed by atoms with Crippen molar-refractivity contribution >= 4 is 34.8 Å². The maximum atomic E-state index is 13.2. The number of para-hydroxylation sites is 1. The first-order chi connectivity index (χ1) is 14.8. The van der Waals surface area contributed by atoms with Crippen LogP contribution in [0.15, 0.2) is 59.4 Å². The fraction of sp³-hybridized carbons (Fsp3) is 0.217. The van der Waals surface area contributed by atoms with Crippen LogP contribution in [0, 0.1) is 6.92 Å². The first-order valence-electron chi connectivity index (χ1n) is 9.89. The Labute approximate surface area is 184 Å². The maximum absolute atomic E-state index is 13.2. The van der Waals surface area contributed by atoms with Crippen LogP contribution >= 0.6 is 11.6 Å². The summed E-state index contributed by atoms with van der Waals surface area (Å²) >= 11 is 6.09. The van der Waals surface area contributed by atoms with Crippen LogP contribution in [0.1, 0.15) is 28.5 Å². The Morgan fingerprint density at radius 2 is 1.90 bits per heavy atom. The van der Waals surface area contributed by atoms with Gasteiger partial charge in [0.2, 0.25) is 5.91 Å². The quantitative estimate of drug-likeness (QED) is 0.679. The lowest BCUT2D eigenvalue weighted by molar-refractivity contribution is -0.117. The number of fused-ring (bicyclic) bond motifs is 1. The molecule has 0 bridgehead atoms. The molecule has 1 aromatic heterocycles. The number of aromatic nitrogens is 2. The standard InChI is InChI=1S/C23H21ClN4O3/c1-14-12-16-6-3-4-9-20(16)28(14)23(31)19-10-11-22(30)27(26-19)13-21(29)25-18-8-5-7-17(24)15(18)2/h3-11,14H,12-13H2,1-2H3,(H,25,29). The van der Waals surface area contributed by atoms with E-state index in [9.17, 15) is 14.4 Å². The van der Waals surface area contributed by atoms with Gasteiger partial charge in [0.25, 0.3) is 11.5 Å². The van der Waals surface area contributed by atoms with Crippen molar-refractivity contribution in [1.29, 1.82) is 0 Å². The fourth-order valence-corrected chi connectivity index (χ4v) is 3.92. The number of nitrogens with one attached hydrogen (secondary N) is 1. The number of anilines is 2. The van der Waals surface area contributed by atoms with Crippen LogP contribution in [0.25, 0.3) is 0 Å². The molecule has 0 radical (unpaired) electrons. The lowest BCUT2D eigenvalue weighted by Crippen LogP contribution is -2.38. The van der Waals surface area contributed by atoms with Crippen LogP contribution in [-0.4, -0.2) is 27.6 Å². The van der Waals surface area contributed by atoms with Crippen molar-refractivity contribution in [3.8, 4) is 0 Å². The van der Waals surface area contributed by atoms with Crippen LogP contribution in [-0.2, 0) is 17.8 Å². The van der Waals surface area contributed by atoms with Gasteiger partial charge in [0.05, 0.1) is 0 Å². The Hall–Kier alpha value is -3.45. The summed E-state index contributed by atoms with van der Waals surface area (Å²) < 4.78 is 0.995. The van der Waals surface area contributed by atoms with Crippen LogP contribution in [0.3, 0.4) is 0 Å². The normalized spacial score (nSPS) is 14.9. The molecule has 4 rings (SSSR count). The second-order valence-electron chi connectivity index (χ2n) is 7.53. The van der Waals surface area contributed by atoms with Crippen molar-refractivity contribution in [3.63, 3.8) is 0 Å². The Morgan fingerprint density at radius 1 is 1.13 bits per heavy atom. The third kappa shape index (κ3) is 4.09. The molecule has 31 heavy (non-hydrogen) atoms. The molecule has 0 saturated carbocycles. The molecule has 1 N–H and O–H groups in total. The van der Waals surface area contributed by atoms with Crippen LogP contribution in [0.5, 0.6) is 0 Å². The molecule has 2 heterocycles. The Morgan fingerprint density at radius 3 is 2.71 bits per heavy atom. The van der Waals surface area contributed by atoms with E-state index in [0.717, 1.165) is 27.9 Å². The summed E-state index contributed by atoms with van der Waals surface area (Å²) in [5, 5.41) is 7.43. The van der Waals surface area contributed by atoms with E-state index in [1.54, 1.807) is 30.0 Å². The summed E-state index contributed by atoms with van der Waals surface area (Å²) in [5.74, 6) is -0.748. The summed E-state index contributed by atoms with van der Waals surface area (Å²) in [5.41, 5.74) is 2.85. The van der Waals surface area contributed by atoms with Crippen LogP contribution in [0.4, 0.5) is 11.4 Å². The summed E-state index contributed by atoms with van der Waals surface area (Å²) in [6.07, 6.45) is 0.753. The lowest BCUT2D eigenvalue weighted by atomic mass is 10.1. The SMILES string of the molecule is Cc1c(Cl)cccc1NC(=O)Cn1nc(C(=O)N2c3ccccc3CC2C)ccc1=O. The van der Waals surface area contributed by atoms with Gasteiger partial charge in [0.1, 0.15) is 12.2 Å². The molecular weight excluding hydrogens is 416 g/mol. The van der Waals surface area contributed by atoms with Gasteiger partial charge in [0, 0.05) is 28.5 Å². The molecule has 1 unspecified atom stereocenters. The Balaban J connectivity index is 1.56. The number of hydrogen-bond donors (Lipinski definition) is 1. The fourth-order valence-electron chi connectivity index (χ4n) is 3.74. The van der Waals surface area contributed by atoms with E-state index in [0.29, 0.717) is 10.7 Å². The topological polar surface area (TPSA) is 84.3 Å². The molecule has 7 nitrogen and oxygen atoms in total. The average molecular weight is 437 g/mol. The number of carbonyl (C=O) groups excluding carboxylic acids is 2. The molecule has 0 fully saturated rings. The average Bonchev–Trinajstić information content (AvgIpc) is 3.08. The second-order valence-corrected chi connectivity index (χ2v) is 7.94. The first-order valence-corrected chi connectivity index (χ1v) is 10.3. The second kappa shape index (κ2) is 8.35. The molecule has 2 aromatic carbocycles. The number of halogens is 1. The molecule has 8 heteroatoms. The van der Waals surface area contributed by atoms with E-state index >= 15 is 0 Å².